The molecule has 0 saturated heterocycles. The number of aryl methyl sites for hydroxylation is 2. The number of Topliss-reactive ketones (excluding diaryl/α,β-unsaturated/α-hetero) is 1. The number of hydrogen-bond donors (Lipinski definition) is 1. The van der Waals surface area contributed by atoms with Crippen molar-refractivity contribution in [2.45, 2.75) is 75.3 Å². The summed E-state index contributed by atoms with van der Waals surface area (Å²) in [4.78, 5) is 10.3. The molecule has 1 aromatic carbocycles. The third kappa shape index (κ3) is 16.8. The van der Waals surface area contributed by atoms with Crippen LogP contribution in [0.15, 0.2) is 18.2 Å². The first-order valence-corrected chi connectivity index (χ1v) is 8.10. The summed E-state index contributed by atoms with van der Waals surface area (Å²) in [5, 5.41) is 3.00. The molecule has 0 bridgehead atoms. The standard InChI is InChI=1S/C9H12.C6H13NO.2C2H6/c1-7-5-4-6-8(2)9(7)3;1-5(2)7-4-6(3)8;2*1-2/h4-6H,1-3H3;5,7H,4H2,1-3H3;2*1-2H3. The third-order valence-corrected chi connectivity index (χ3v) is 2.63. The van der Waals surface area contributed by atoms with E-state index in [1.807, 2.05) is 41.5 Å². The lowest BCUT2D eigenvalue weighted by atomic mass is 10.1. The van der Waals surface area contributed by atoms with E-state index in [2.05, 4.69) is 44.3 Å². The van der Waals surface area contributed by atoms with Crippen molar-refractivity contribution in [3.63, 3.8) is 0 Å². The molecule has 1 N–H and O–H groups in total. The molecule has 124 valence electrons. The van der Waals surface area contributed by atoms with Crippen molar-refractivity contribution in [3.05, 3.63) is 34.9 Å². The Morgan fingerprint density at radius 1 is 1.00 bits per heavy atom. The average Bonchev–Trinajstić information content (AvgIpc) is 2.47. The van der Waals surface area contributed by atoms with Gasteiger partial charge >= 0.3 is 0 Å². The monoisotopic (exact) mass is 295 g/mol. The maximum atomic E-state index is 10.3. The molecule has 0 aromatic heterocycles. The van der Waals surface area contributed by atoms with Gasteiger partial charge in [0.2, 0.25) is 0 Å². The van der Waals surface area contributed by atoms with Gasteiger partial charge in [0, 0.05) is 6.04 Å². The number of hydrogen-bond acceptors (Lipinski definition) is 2. The first kappa shape index (κ1) is 24.8. The Morgan fingerprint density at radius 2 is 1.38 bits per heavy atom. The van der Waals surface area contributed by atoms with E-state index in [1.165, 1.54) is 16.7 Å². The first-order chi connectivity index (χ1) is 9.84. The number of rotatable bonds is 3. The molecule has 0 unspecified atom stereocenters. The van der Waals surface area contributed by atoms with E-state index >= 15 is 0 Å². The summed E-state index contributed by atoms with van der Waals surface area (Å²) in [6.45, 7) is 20.5. The molecule has 1 rings (SSSR count). The zero-order chi connectivity index (χ0) is 17.4. The summed E-state index contributed by atoms with van der Waals surface area (Å²) in [5.41, 5.74) is 4.18. The molecule has 1 aromatic rings. The van der Waals surface area contributed by atoms with Gasteiger partial charge in [0.25, 0.3) is 0 Å². The molecular weight excluding hydrogens is 258 g/mol. The molecule has 21 heavy (non-hydrogen) atoms. The van der Waals surface area contributed by atoms with Crippen molar-refractivity contribution in [1.82, 2.24) is 5.32 Å². The summed E-state index contributed by atoms with van der Waals surface area (Å²) >= 11 is 0. The molecular formula is C19H37NO. The molecule has 0 atom stereocenters. The van der Waals surface area contributed by atoms with E-state index in [9.17, 15) is 4.79 Å². The van der Waals surface area contributed by atoms with Gasteiger partial charge in [-0.1, -0.05) is 59.7 Å². The predicted octanol–water partition coefficient (Wildman–Crippen LogP) is 5.24. The highest BCUT2D eigenvalue weighted by atomic mass is 16.1. The maximum Gasteiger partial charge on any atom is 0.143 e. The van der Waals surface area contributed by atoms with Crippen LogP contribution >= 0.6 is 0 Å². The van der Waals surface area contributed by atoms with Crippen molar-refractivity contribution in [2.24, 2.45) is 0 Å². The summed E-state index contributed by atoms with van der Waals surface area (Å²) in [6.07, 6.45) is 0. The minimum Gasteiger partial charge on any atom is -0.308 e. The van der Waals surface area contributed by atoms with Gasteiger partial charge in [-0.15, -0.1) is 0 Å². The van der Waals surface area contributed by atoms with Crippen LogP contribution < -0.4 is 5.32 Å². The number of nitrogens with one attached hydrogen (secondary N) is 1. The minimum atomic E-state index is 0.193. The summed E-state index contributed by atoms with van der Waals surface area (Å²) in [6, 6.07) is 6.79. The van der Waals surface area contributed by atoms with Gasteiger partial charge in [0.15, 0.2) is 0 Å². The molecule has 0 heterocycles. The van der Waals surface area contributed by atoms with E-state index in [0.29, 0.717) is 12.6 Å². The summed E-state index contributed by atoms with van der Waals surface area (Å²) < 4.78 is 0. The molecule has 0 radical (unpaired) electrons. The minimum absolute atomic E-state index is 0.193. The van der Waals surface area contributed by atoms with Gasteiger partial charge < -0.3 is 5.32 Å². The van der Waals surface area contributed by atoms with Crippen molar-refractivity contribution in [2.75, 3.05) is 6.54 Å². The summed E-state index contributed by atoms with van der Waals surface area (Å²) in [7, 11) is 0. The molecule has 2 heteroatoms. The average molecular weight is 296 g/mol. The van der Waals surface area contributed by atoms with E-state index < -0.39 is 0 Å². The molecule has 0 fully saturated rings. The third-order valence-electron chi connectivity index (χ3n) is 2.63. The Kier molecular flexibility index (Phi) is 20.0. The Balaban J connectivity index is -0.000000251. The molecule has 2 nitrogen and oxygen atoms in total. The topological polar surface area (TPSA) is 29.1 Å². The maximum absolute atomic E-state index is 10.3. The lowest BCUT2D eigenvalue weighted by Crippen LogP contribution is -2.27. The van der Waals surface area contributed by atoms with Crippen molar-refractivity contribution in [3.8, 4) is 0 Å². The normalized spacial score (nSPS) is 8.52. The van der Waals surface area contributed by atoms with Gasteiger partial charge in [0.1, 0.15) is 5.78 Å². The van der Waals surface area contributed by atoms with Crippen molar-refractivity contribution >= 4 is 5.78 Å². The highest BCUT2D eigenvalue weighted by Crippen LogP contribution is 2.09. The molecule has 0 aliphatic rings. The van der Waals surface area contributed by atoms with E-state index in [-0.39, 0.29) is 5.78 Å². The van der Waals surface area contributed by atoms with Crippen LogP contribution in [-0.4, -0.2) is 18.4 Å². The van der Waals surface area contributed by atoms with Crippen molar-refractivity contribution < 1.29 is 4.79 Å². The quantitative estimate of drug-likeness (QED) is 0.826. The number of ketones is 1. The van der Waals surface area contributed by atoms with Gasteiger partial charge in [-0.25, -0.2) is 0 Å². The number of carbonyl (C=O) groups excluding carboxylic acids is 1. The van der Waals surface area contributed by atoms with Crippen molar-refractivity contribution in [1.29, 1.82) is 0 Å². The molecule has 0 saturated carbocycles. The summed E-state index contributed by atoms with van der Waals surface area (Å²) in [5.74, 6) is 0.193. The Morgan fingerprint density at radius 3 is 1.57 bits per heavy atom. The fraction of sp³-hybridized carbons (Fsp3) is 0.632. The Labute approximate surface area is 133 Å². The smallest absolute Gasteiger partial charge is 0.143 e. The zero-order valence-corrected chi connectivity index (χ0v) is 15.9. The van der Waals surface area contributed by atoms with Gasteiger partial charge in [0.05, 0.1) is 6.54 Å². The van der Waals surface area contributed by atoms with Crippen LogP contribution in [0, 0.1) is 20.8 Å². The fourth-order valence-electron chi connectivity index (χ4n) is 1.25. The van der Waals surface area contributed by atoms with E-state index in [1.54, 1.807) is 6.92 Å². The molecule has 0 aliphatic carbocycles. The van der Waals surface area contributed by atoms with Crippen LogP contribution in [0.5, 0.6) is 0 Å². The van der Waals surface area contributed by atoms with Crippen LogP contribution in [0.3, 0.4) is 0 Å². The van der Waals surface area contributed by atoms with Crippen LogP contribution in [0.25, 0.3) is 0 Å². The highest BCUT2D eigenvalue weighted by molar-refractivity contribution is 5.77. The Hall–Kier alpha value is -1.15. The number of carbonyl (C=O) groups is 1. The second-order valence-corrected chi connectivity index (χ2v) is 4.75. The number of benzene rings is 1. The fourth-order valence-corrected chi connectivity index (χ4v) is 1.25. The second kappa shape index (κ2) is 16.9. The Bertz CT molecular complexity index is 336. The second-order valence-electron chi connectivity index (χ2n) is 4.75. The molecule has 0 amide bonds. The van der Waals surface area contributed by atoms with Gasteiger partial charge in [-0.05, 0) is 44.4 Å². The first-order valence-electron chi connectivity index (χ1n) is 8.10. The SMILES string of the molecule is CC.CC.CC(=O)CNC(C)C.Cc1cccc(C)c1C. The lowest BCUT2D eigenvalue weighted by molar-refractivity contribution is -0.116. The largest absolute Gasteiger partial charge is 0.308 e. The lowest BCUT2D eigenvalue weighted by Gasteiger charge is -2.03. The van der Waals surface area contributed by atoms with E-state index in [0.717, 1.165) is 0 Å². The highest BCUT2D eigenvalue weighted by Gasteiger charge is 1.93. The zero-order valence-electron chi connectivity index (χ0n) is 15.9. The van der Waals surface area contributed by atoms with Crippen LogP contribution in [-0.2, 0) is 4.79 Å². The van der Waals surface area contributed by atoms with Crippen LogP contribution in [0.1, 0.15) is 65.2 Å². The van der Waals surface area contributed by atoms with Gasteiger partial charge in [-0.2, -0.15) is 0 Å². The van der Waals surface area contributed by atoms with Crippen LogP contribution in [0.4, 0.5) is 0 Å². The van der Waals surface area contributed by atoms with Crippen LogP contribution in [0.2, 0.25) is 0 Å². The molecule has 0 aliphatic heterocycles. The van der Waals surface area contributed by atoms with E-state index in [4.69, 9.17) is 0 Å². The van der Waals surface area contributed by atoms with Gasteiger partial charge in [-0.3, -0.25) is 4.79 Å². The predicted molar refractivity (Wildman–Crippen MR) is 97.2 cm³/mol. The molecule has 0 spiro atoms.